The second-order valence-corrected chi connectivity index (χ2v) is 8.21. The molecular weight excluding hydrogens is 376 g/mol. The second kappa shape index (κ2) is 7.10. The lowest BCUT2D eigenvalue weighted by atomic mass is 9.90. The van der Waals surface area contributed by atoms with Gasteiger partial charge in [0.15, 0.2) is 5.78 Å². The number of urea groups is 1. The number of nitrogens with one attached hydrogen (secondary N) is 1. The first-order valence-corrected chi connectivity index (χ1v) is 9.95. The van der Waals surface area contributed by atoms with Crippen LogP contribution in [0.2, 0.25) is 0 Å². The van der Waals surface area contributed by atoms with Crippen molar-refractivity contribution in [3.63, 3.8) is 0 Å². The van der Waals surface area contributed by atoms with E-state index in [1.807, 2.05) is 75.4 Å². The van der Waals surface area contributed by atoms with Crippen LogP contribution in [0, 0.1) is 20.8 Å². The van der Waals surface area contributed by atoms with Gasteiger partial charge in [0, 0.05) is 5.56 Å². The molecule has 152 valence electrons. The van der Waals surface area contributed by atoms with Gasteiger partial charge < -0.3 is 5.32 Å². The third kappa shape index (κ3) is 3.16. The normalized spacial score (nSPS) is 18.7. The number of benzene rings is 3. The number of imide groups is 1. The molecule has 0 unspecified atom stereocenters. The van der Waals surface area contributed by atoms with Crippen LogP contribution in [-0.4, -0.2) is 29.2 Å². The van der Waals surface area contributed by atoms with E-state index in [0.29, 0.717) is 11.1 Å². The van der Waals surface area contributed by atoms with E-state index in [-0.39, 0.29) is 12.3 Å². The highest BCUT2D eigenvalue weighted by Gasteiger charge is 2.49. The van der Waals surface area contributed by atoms with Crippen LogP contribution in [0.1, 0.15) is 39.5 Å². The molecule has 1 saturated heterocycles. The van der Waals surface area contributed by atoms with Gasteiger partial charge in [-0.1, -0.05) is 54.1 Å². The van der Waals surface area contributed by atoms with E-state index >= 15 is 0 Å². The number of amides is 3. The van der Waals surface area contributed by atoms with E-state index in [9.17, 15) is 14.4 Å². The van der Waals surface area contributed by atoms with Gasteiger partial charge in [0.1, 0.15) is 5.54 Å². The van der Waals surface area contributed by atoms with Gasteiger partial charge in [0.25, 0.3) is 5.91 Å². The van der Waals surface area contributed by atoms with Crippen molar-refractivity contribution in [1.29, 1.82) is 0 Å². The number of Topliss-reactive ketones (excluding diaryl/α,β-unsaturated/α-hetero) is 1. The molecule has 1 atom stereocenters. The first-order chi connectivity index (χ1) is 14.2. The summed E-state index contributed by atoms with van der Waals surface area (Å²) in [6.07, 6.45) is 0. The highest BCUT2D eigenvalue weighted by atomic mass is 16.2. The van der Waals surface area contributed by atoms with Crippen molar-refractivity contribution < 1.29 is 14.4 Å². The molecule has 0 saturated carbocycles. The fourth-order valence-electron chi connectivity index (χ4n) is 4.38. The Labute approximate surface area is 175 Å². The number of rotatable bonds is 4. The number of fused-ring (bicyclic) bond motifs is 1. The molecule has 0 radical (unpaired) electrons. The number of aryl methyl sites for hydroxylation is 3. The quantitative estimate of drug-likeness (QED) is 0.521. The van der Waals surface area contributed by atoms with Crippen molar-refractivity contribution in [2.24, 2.45) is 0 Å². The average Bonchev–Trinajstić information content (AvgIpc) is 2.91. The van der Waals surface area contributed by atoms with E-state index < -0.39 is 17.5 Å². The van der Waals surface area contributed by atoms with E-state index in [2.05, 4.69) is 5.32 Å². The molecule has 3 aromatic rings. The van der Waals surface area contributed by atoms with Crippen LogP contribution in [0.25, 0.3) is 10.8 Å². The highest BCUT2D eigenvalue weighted by Crippen LogP contribution is 2.31. The van der Waals surface area contributed by atoms with Crippen LogP contribution in [0.15, 0.2) is 54.6 Å². The summed E-state index contributed by atoms with van der Waals surface area (Å²) >= 11 is 0. The Hall–Kier alpha value is -3.47. The van der Waals surface area contributed by atoms with E-state index in [0.717, 1.165) is 32.4 Å². The van der Waals surface area contributed by atoms with Gasteiger partial charge >= 0.3 is 6.03 Å². The second-order valence-electron chi connectivity index (χ2n) is 8.21. The predicted molar refractivity (Wildman–Crippen MR) is 117 cm³/mol. The van der Waals surface area contributed by atoms with Crippen molar-refractivity contribution in [1.82, 2.24) is 10.2 Å². The summed E-state index contributed by atoms with van der Waals surface area (Å²) in [5.41, 5.74) is 2.82. The van der Waals surface area contributed by atoms with Crippen LogP contribution in [0.5, 0.6) is 0 Å². The number of nitrogens with zero attached hydrogens (tertiary/aromatic N) is 1. The monoisotopic (exact) mass is 400 g/mol. The SMILES string of the molecule is Cc1cc(C)c(C(=O)CN2C(=O)N[C@](C)(c3ccc4ccccc4c3)C2=O)c(C)c1. The van der Waals surface area contributed by atoms with Crippen LogP contribution in [0.4, 0.5) is 4.79 Å². The standard InChI is InChI=1S/C25H24N2O3/c1-15-11-16(2)22(17(3)12-15)21(28)14-27-23(29)25(4,26-24(27)30)20-10-9-18-7-5-6-8-19(18)13-20/h5-13H,14H2,1-4H3,(H,26,30)/t25-/m1/s1. The Morgan fingerprint density at radius 3 is 2.23 bits per heavy atom. The summed E-state index contributed by atoms with van der Waals surface area (Å²) in [6.45, 7) is 7.13. The maximum Gasteiger partial charge on any atom is 0.325 e. The van der Waals surface area contributed by atoms with Gasteiger partial charge in [0.05, 0.1) is 6.54 Å². The maximum absolute atomic E-state index is 13.3. The van der Waals surface area contributed by atoms with Crippen molar-refractivity contribution in [2.45, 2.75) is 33.2 Å². The average molecular weight is 400 g/mol. The molecule has 1 aliphatic heterocycles. The van der Waals surface area contributed by atoms with Crippen molar-refractivity contribution in [3.8, 4) is 0 Å². The fraction of sp³-hybridized carbons (Fsp3) is 0.240. The topological polar surface area (TPSA) is 66.5 Å². The van der Waals surface area contributed by atoms with Gasteiger partial charge in [-0.05, 0) is 61.2 Å². The first-order valence-electron chi connectivity index (χ1n) is 9.95. The van der Waals surface area contributed by atoms with E-state index in [1.165, 1.54) is 0 Å². The van der Waals surface area contributed by atoms with Crippen LogP contribution >= 0.6 is 0 Å². The first kappa shape index (κ1) is 19.8. The zero-order valence-electron chi connectivity index (χ0n) is 17.6. The van der Waals surface area contributed by atoms with Gasteiger partial charge in [-0.25, -0.2) is 4.79 Å². The molecule has 5 nitrogen and oxygen atoms in total. The molecule has 0 aliphatic carbocycles. The molecule has 1 N–H and O–H groups in total. The molecule has 1 aliphatic rings. The Balaban J connectivity index is 1.64. The fourth-order valence-corrected chi connectivity index (χ4v) is 4.38. The van der Waals surface area contributed by atoms with Gasteiger partial charge in [-0.2, -0.15) is 0 Å². The number of carbonyl (C=O) groups excluding carboxylic acids is 3. The summed E-state index contributed by atoms with van der Waals surface area (Å²) in [6, 6.07) is 16.9. The van der Waals surface area contributed by atoms with Crippen LogP contribution in [0.3, 0.4) is 0 Å². The molecule has 30 heavy (non-hydrogen) atoms. The van der Waals surface area contributed by atoms with Crippen molar-refractivity contribution in [2.75, 3.05) is 6.54 Å². The summed E-state index contributed by atoms with van der Waals surface area (Å²) in [4.78, 5) is 39.9. The molecule has 0 aromatic heterocycles. The lowest BCUT2D eigenvalue weighted by molar-refractivity contribution is -0.130. The Morgan fingerprint density at radius 2 is 1.57 bits per heavy atom. The lowest BCUT2D eigenvalue weighted by Crippen LogP contribution is -2.41. The minimum Gasteiger partial charge on any atom is -0.319 e. The molecule has 5 heteroatoms. The predicted octanol–water partition coefficient (Wildman–Crippen LogP) is 4.41. The van der Waals surface area contributed by atoms with Gasteiger partial charge in [0.2, 0.25) is 0 Å². The summed E-state index contributed by atoms with van der Waals surface area (Å²) in [7, 11) is 0. The highest BCUT2D eigenvalue weighted by molar-refractivity contribution is 6.12. The smallest absolute Gasteiger partial charge is 0.319 e. The molecule has 0 spiro atoms. The Bertz CT molecular complexity index is 1190. The molecule has 1 fully saturated rings. The van der Waals surface area contributed by atoms with Crippen LogP contribution in [-0.2, 0) is 10.3 Å². The van der Waals surface area contributed by atoms with E-state index in [1.54, 1.807) is 6.92 Å². The molecule has 1 heterocycles. The Kier molecular flexibility index (Phi) is 4.69. The van der Waals surface area contributed by atoms with Crippen molar-refractivity contribution in [3.05, 3.63) is 82.4 Å². The molecule has 3 aromatic carbocycles. The van der Waals surface area contributed by atoms with Crippen molar-refractivity contribution >= 4 is 28.5 Å². The minimum absolute atomic E-state index is 0.240. The molecule has 3 amide bonds. The zero-order valence-corrected chi connectivity index (χ0v) is 17.6. The summed E-state index contributed by atoms with van der Waals surface area (Å²) < 4.78 is 0. The third-order valence-electron chi connectivity index (χ3n) is 5.86. The maximum atomic E-state index is 13.3. The largest absolute Gasteiger partial charge is 0.325 e. The number of hydrogen-bond donors (Lipinski definition) is 1. The summed E-state index contributed by atoms with van der Waals surface area (Å²) in [5.74, 6) is -0.658. The van der Waals surface area contributed by atoms with Crippen LogP contribution < -0.4 is 5.32 Å². The lowest BCUT2D eigenvalue weighted by Gasteiger charge is -2.23. The molecule has 0 bridgehead atoms. The third-order valence-corrected chi connectivity index (χ3v) is 5.86. The zero-order chi connectivity index (χ0) is 21.6. The van der Waals surface area contributed by atoms with E-state index in [4.69, 9.17) is 0 Å². The minimum atomic E-state index is -1.21. The number of carbonyl (C=O) groups is 3. The number of ketones is 1. The Morgan fingerprint density at radius 1 is 0.933 bits per heavy atom. The number of hydrogen-bond acceptors (Lipinski definition) is 3. The summed E-state index contributed by atoms with van der Waals surface area (Å²) in [5, 5.41) is 4.83. The molecular formula is C25H24N2O3. The van der Waals surface area contributed by atoms with Gasteiger partial charge in [-0.15, -0.1) is 0 Å². The van der Waals surface area contributed by atoms with Gasteiger partial charge in [-0.3, -0.25) is 14.5 Å². The molecule has 4 rings (SSSR count).